The molecule has 0 amide bonds. The third-order valence-corrected chi connectivity index (χ3v) is 4.66. The van der Waals surface area contributed by atoms with E-state index < -0.39 is 15.7 Å². The van der Waals surface area contributed by atoms with Crippen molar-refractivity contribution in [3.63, 3.8) is 0 Å². The van der Waals surface area contributed by atoms with Crippen LogP contribution in [-0.2, 0) is 9.84 Å². The van der Waals surface area contributed by atoms with Crippen LogP contribution in [0.5, 0.6) is 0 Å². The Morgan fingerprint density at radius 3 is 2.82 bits per heavy atom. The summed E-state index contributed by atoms with van der Waals surface area (Å²) < 4.78 is 36.2. The van der Waals surface area contributed by atoms with E-state index in [9.17, 15) is 12.8 Å². The van der Waals surface area contributed by atoms with Gasteiger partial charge in [-0.15, -0.1) is 0 Å². The standard InChI is InChI=1S/C11H15FN2O2S/c1-2-9-6-17(15,16)7-11(14-9)10-4-3-8(12)5-13-10/h3-5,9,11,14H,2,6-7H2,1H3. The Morgan fingerprint density at radius 1 is 1.47 bits per heavy atom. The molecule has 0 aliphatic carbocycles. The average Bonchev–Trinajstić information content (AvgIpc) is 2.27. The highest BCUT2D eigenvalue weighted by molar-refractivity contribution is 7.91. The maximum absolute atomic E-state index is 12.7. The van der Waals surface area contributed by atoms with Gasteiger partial charge in [0.15, 0.2) is 9.84 Å². The van der Waals surface area contributed by atoms with Crippen LogP contribution >= 0.6 is 0 Å². The Labute approximate surface area is 100 Å². The molecule has 2 heterocycles. The van der Waals surface area contributed by atoms with Crippen molar-refractivity contribution >= 4 is 9.84 Å². The first kappa shape index (κ1) is 12.4. The zero-order valence-electron chi connectivity index (χ0n) is 9.56. The fourth-order valence-corrected chi connectivity index (χ4v) is 3.87. The molecule has 17 heavy (non-hydrogen) atoms. The third-order valence-electron chi connectivity index (χ3n) is 2.91. The fourth-order valence-electron chi connectivity index (χ4n) is 2.01. The summed E-state index contributed by atoms with van der Waals surface area (Å²) in [5.41, 5.74) is 0.577. The van der Waals surface area contributed by atoms with E-state index in [1.807, 2.05) is 6.92 Å². The van der Waals surface area contributed by atoms with Crippen molar-refractivity contribution in [3.05, 3.63) is 29.8 Å². The number of aromatic nitrogens is 1. The summed E-state index contributed by atoms with van der Waals surface area (Å²) in [5.74, 6) is -0.219. The molecule has 0 saturated carbocycles. The molecule has 6 heteroatoms. The molecule has 2 unspecified atom stereocenters. The largest absolute Gasteiger partial charge is 0.304 e. The van der Waals surface area contributed by atoms with Crippen LogP contribution in [0.1, 0.15) is 25.1 Å². The Bertz CT molecular complexity index is 487. The Morgan fingerprint density at radius 2 is 2.24 bits per heavy atom. The lowest BCUT2D eigenvalue weighted by atomic mass is 10.1. The van der Waals surface area contributed by atoms with E-state index in [1.54, 1.807) is 0 Å². The summed E-state index contributed by atoms with van der Waals surface area (Å²) in [7, 11) is -3.05. The lowest BCUT2D eigenvalue weighted by molar-refractivity contribution is 0.434. The zero-order chi connectivity index (χ0) is 12.5. The normalized spacial score (nSPS) is 27.9. The van der Waals surface area contributed by atoms with E-state index in [1.165, 1.54) is 12.1 Å². The van der Waals surface area contributed by atoms with Crippen molar-refractivity contribution < 1.29 is 12.8 Å². The van der Waals surface area contributed by atoms with Gasteiger partial charge in [-0.05, 0) is 18.6 Å². The van der Waals surface area contributed by atoms with Gasteiger partial charge in [0, 0.05) is 6.04 Å². The molecule has 1 saturated heterocycles. The number of hydrogen-bond acceptors (Lipinski definition) is 4. The van der Waals surface area contributed by atoms with Gasteiger partial charge in [0.05, 0.1) is 29.4 Å². The second-order valence-corrected chi connectivity index (χ2v) is 6.46. The SMILES string of the molecule is CCC1CS(=O)(=O)CC(c2ccc(F)cn2)N1. The Balaban J connectivity index is 2.23. The van der Waals surface area contributed by atoms with Crippen LogP contribution in [0.2, 0.25) is 0 Å². The van der Waals surface area contributed by atoms with Crippen molar-refractivity contribution in [1.82, 2.24) is 10.3 Å². The molecule has 4 nitrogen and oxygen atoms in total. The molecule has 1 aromatic heterocycles. The van der Waals surface area contributed by atoms with E-state index in [0.29, 0.717) is 5.69 Å². The number of rotatable bonds is 2. The molecule has 1 aliphatic rings. The zero-order valence-corrected chi connectivity index (χ0v) is 10.4. The van der Waals surface area contributed by atoms with Crippen molar-refractivity contribution in [1.29, 1.82) is 0 Å². The lowest BCUT2D eigenvalue weighted by Crippen LogP contribution is -2.47. The Kier molecular flexibility index (Phi) is 3.44. The first-order valence-corrected chi connectivity index (χ1v) is 7.40. The van der Waals surface area contributed by atoms with Crippen molar-refractivity contribution in [2.75, 3.05) is 11.5 Å². The minimum Gasteiger partial charge on any atom is -0.304 e. The summed E-state index contributed by atoms with van der Waals surface area (Å²) in [4.78, 5) is 3.93. The number of nitrogens with zero attached hydrogens (tertiary/aromatic N) is 1. The van der Waals surface area contributed by atoms with Crippen LogP contribution in [-0.4, -0.2) is 30.9 Å². The van der Waals surface area contributed by atoms with E-state index >= 15 is 0 Å². The molecule has 1 N–H and O–H groups in total. The van der Waals surface area contributed by atoms with Gasteiger partial charge in [0.2, 0.25) is 0 Å². The highest BCUT2D eigenvalue weighted by Crippen LogP contribution is 2.20. The molecule has 0 spiro atoms. The first-order valence-electron chi connectivity index (χ1n) is 5.58. The van der Waals surface area contributed by atoms with E-state index in [4.69, 9.17) is 0 Å². The van der Waals surface area contributed by atoms with Crippen molar-refractivity contribution in [2.45, 2.75) is 25.4 Å². The number of pyridine rings is 1. The molecule has 1 fully saturated rings. The number of sulfone groups is 1. The highest BCUT2D eigenvalue weighted by Gasteiger charge is 2.31. The van der Waals surface area contributed by atoms with Crippen LogP contribution in [0, 0.1) is 5.82 Å². The van der Waals surface area contributed by atoms with Gasteiger partial charge < -0.3 is 5.32 Å². The molecule has 1 aromatic rings. The van der Waals surface area contributed by atoms with Crippen LogP contribution in [0.15, 0.2) is 18.3 Å². The van der Waals surface area contributed by atoms with Crippen molar-refractivity contribution in [3.8, 4) is 0 Å². The van der Waals surface area contributed by atoms with Gasteiger partial charge in [-0.25, -0.2) is 12.8 Å². The second-order valence-electron chi connectivity index (χ2n) is 4.30. The molecule has 0 bridgehead atoms. The molecule has 2 rings (SSSR count). The molecule has 0 aromatic carbocycles. The average molecular weight is 258 g/mol. The van der Waals surface area contributed by atoms with E-state index in [-0.39, 0.29) is 23.6 Å². The number of nitrogens with one attached hydrogen (secondary N) is 1. The predicted octanol–water partition coefficient (Wildman–Crippen LogP) is 1.06. The predicted molar refractivity (Wildman–Crippen MR) is 62.8 cm³/mol. The summed E-state index contributed by atoms with van der Waals surface area (Å²) in [6, 6.07) is 2.44. The maximum Gasteiger partial charge on any atom is 0.153 e. The summed E-state index contributed by atoms with van der Waals surface area (Å²) >= 11 is 0. The Hall–Kier alpha value is -1.01. The van der Waals surface area contributed by atoms with E-state index in [2.05, 4.69) is 10.3 Å². The monoisotopic (exact) mass is 258 g/mol. The maximum atomic E-state index is 12.7. The second kappa shape index (κ2) is 4.70. The topological polar surface area (TPSA) is 59.1 Å². The van der Waals surface area contributed by atoms with Crippen LogP contribution < -0.4 is 5.32 Å². The molecule has 2 atom stereocenters. The number of hydrogen-bond donors (Lipinski definition) is 1. The van der Waals surface area contributed by atoms with Gasteiger partial charge >= 0.3 is 0 Å². The summed E-state index contributed by atoms with van der Waals surface area (Å²) in [6.07, 6.45) is 1.86. The van der Waals surface area contributed by atoms with Gasteiger partial charge in [-0.1, -0.05) is 6.92 Å². The van der Waals surface area contributed by atoms with Crippen molar-refractivity contribution in [2.24, 2.45) is 0 Å². The minimum atomic E-state index is -3.05. The number of halogens is 1. The van der Waals surface area contributed by atoms with E-state index in [0.717, 1.165) is 12.6 Å². The van der Waals surface area contributed by atoms with Crippen LogP contribution in [0.25, 0.3) is 0 Å². The van der Waals surface area contributed by atoms with Crippen LogP contribution in [0.3, 0.4) is 0 Å². The molecular weight excluding hydrogens is 243 g/mol. The molecule has 94 valence electrons. The van der Waals surface area contributed by atoms with Gasteiger partial charge in [0.1, 0.15) is 5.82 Å². The summed E-state index contributed by atoms with van der Waals surface area (Å²) in [6.45, 7) is 1.94. The smallest absolute Gasteiger partial charge is 0.153 e. The van der Waals surface area contributed by atoms with Crippen LogP contribution in [0.4, 0.5) is 4.39 Å². The molecule has 0 radical (unpaired) electrons. The minimum absolute atomic E-state index is 0.0299. The highest BCUT2D eigenvalue weighted by atomic mass is 32.2. The lowest BCUT2D eigenvalue weighted by Gasteiger charge is -2.29. The quantitative estimate of drug-likeness (QED) is 0.861. The third kappa shape index (κ3) is 3.01. The summed E-state index contributed by atoms with van der Waals surface area (Å²) in [5, 5.41) is 3.23. The first-order chi connectivity index (χ1) is 8.00. The molecule has 1 aliphatic heterocycles. The van der Waals surface area contributed by atoms with Gasteiger partial charge in [-0.3, -0.25) is 4.98 Å². The van der Waals surface area contributed by atoms with Gasteiger partial charge in [0.25, 0.3) is 0 Å². The van der Waals surface area contributed by atoms with Gasteiger partial charge in [-0.2, -0.15) is 0 Å². The molecular formula is C11H15FN2O2S. The fraction of sp³-hybridized carbons (Fsp3) is 0.545.